The van der Waals surface area contributed by atoms with Crippen LogP contribution in [0.3, 0.4) is 0 Å². The minimum absolute atomic E-state index is 0.244. The number of hydrogen-bond acceptors (Lipinski definition) is 8. The van der Waals surface area contributed by atoms with Crippen LogP contribution in [0, 0.1) is 5.82 Å². The van der Waals surface area contributed by atoms with E-state index in [-0.39, 0.29) is 5.82 Å². The van der Waals surface area contributed by atoms with Gasteiger partial charge in [-0.2, -0.15) is 10.1 Å². The standard InChI is InChI=1S/C18H19FN8/c19-15-5-2-1-4-14(15)12-22-16-13-23-25-18(24-16)27-10-8-26(9-11-27)17-20-6-3-7-21-17/h1-7,13H,8-12H2,(H,22,24,25). The summed E-state index contributed by atoms with van der Waals surface area (Å²) in [5, 5.41) is 11.3. The first-order valence-corrected chi connectivity index (χ1v) is 8.73. The van der Waals surface area contributed by atoms with Crippen LogP contribution in [0.4, 0.5) is 22.1 Å². The van der Waals surface area contributed by atoms with E-state index in [4.69, 9.17) is 0 Å². The van der Waals surface area contributed by atoms with Gasteiger partial charge in [-0.3, -0.25) is 0 Å². The van der Waals surface area contributed by atoms with Gasteiger partial charge in [0.1, 0.15) is 5.82 Å². The third kappa shape index (κ3) is 4.08. The van der Waals surface area contributed by atoms with E-state index in [2.05, 4.69) is 40.3 Å². The number of anilines is 3. The number of nitrogens with zero attached hydrogens (tertiary/aromatic N) is 7. The van der Waals surface area contributed by atoms with Crippen molar-refractivity contribution in [2.24, 2.45) is 0 Å². The molecule has 1 aliphatic rings. The van der Waals surface area contributed by atoms with Crippen LogP contribution in [-0.4, -0.2) is 51.3 Å². The van der Waals surface area contributed by atoms with Crippen molar-refractivity contribution in [1.82, 2.24) is 25.1 Å². The van der Waals surface area contributed by atoms with Crippen LogP contribution in [0.5, 0.6) is 0 Å². The van der Waals surface area contributed by atoms with Crippen LogP contribution in [0.1, 0.15) is 5.56 Å². The van der Waals surface area contributed by atoms with E-state index in [0.29, 0.717) is 23.9 Å². The van der Waals surface area contributed by atoms with Gasteiger partial charge in [0, 0.05) is 50.7 Å². The van der Waals surface area contributed by atoms with Crippen molar-refractivity contribution in [3.05, 3.63) is 60.3 Å². The minimum Gasteiger partial charge on any atom is -0.364 e. The van der Waals surface area contributed by atoms with Crippen LogP contribution < -0.4 is 15.1 Å². The zero-order valence-electron chi connectivity index (χ0n) is 14.7. The molecule has 0 amide bonds. The van der Waals surface area contributed by atoms with E-state index in [1.165, 1.54) is 6.07 Å². The van der Waals surface area contributed by atoms with Gasteiger partial charge < -0.3 is 15.1 Å². The Morgan fingerprint density at radius 2 is 1.63 bits per heavy atom. The van der Waals surface area contributed by atoms with E-state index in [1.807, 2.05) is 0 Å². The number of nitrogens with one attached hydrogen (secondary N) is 1. The Bertz CT molecular complexity index is 883. The molecule has 0 radical (unpaired) electrons. The lowest BCUT2D eigenvalue weighted by atomic mass is 10.2. The number of aromatic nitrogens is 5. The summed E-state index contributed by atoms with van der Waals surface area (Å²) in [5.74, 6) is 1.61. The second kappa shape index (κ2) is 7.90. The van der Waals surface area contributed by atoms with Gasteiger partial charge >= 0.3 is 0 Å². The summed E-state index contributed by atoms with van der Waals surface area (Å²) in [6, 6.07) is 8.46. The molecule has 0 unspecified atom stereocenters. The zero-order valence-corrected chi connectivity index (χ0v) is 14.7. The Morgan fingerprint density at radius 1 is 0.926 bits per heavy atom. The van der Waals surface area contributed by atoms with Gasteiger partial charge in [-0.1, -0.05) is 18.2 Å². The molecule has 1 N–H and O–H groups in total. The van der Waals surface area contributed by atoms with Gasteiger partial charge in [-0.25, -0.2) is 14.4 Å². The Labute approximate surface area is 156 Å². The van der Waals surface area contributed by atoms with Crippen LogP contribution in [0.15, 0.2) is 48.9 Å². The van der Waals surface area contributed by atoms with Crippen LogP contribution in [0.2, 0.25) is 0 Å². The molecule has 1 fully saturated rings. The van der Waals surface area contributed by atoms with Crippen molar-refractivity contribution >= 4 is 17.7 Å². The first-order valence-electron chi connectivity index (χ1n) is 8.73. The Morgan fingerprint density at radius 3 is 2.37 bits per heavy atom. The Hall–Kier alpha value is -3.36. The molecule has 9 heteroatoms. The van der Waals surface area contributed by atoms with E-state index in [0.717, 1.165) is 32.1 Å². The molecule has 0 saturated carbocycles. The second-order valence-electron chi connectivity index (χ2n) is 6.11. The van der Waals surface area contributed by atoms with Crippen LogP contribution >= 0.6 is 0 Å². The fourth-order valence-electron chi connectivity index (χ4n) is 2.90. The summed E-state index contributed by atoms with van der Waals surface area (Å²) < 4.78 is 13.7. The molecule has 138 valence electrons. The summed E-state index contributed by atoms with van der Waals surface area (Å²) in [7, 11) is 0. The maximum atomic E-state index is 13.7. The van der Waals surface area contributed by atoms with Gasteiger partial charge in [0.25, 0.3) is 0 Å². The largest absolute Gasteiger partial charge is 0.364 e. The predicted octanol–water partition coefficient (Wildman–Crippen LogP) is 1.74. The average molecular weight is 366 g/mol. The average Bonchev–Trinajstić information content (AvgIpc) is 2.74. The zero-order chi connectivity index (χ0) is 18.5. The fraction of sp³-hybridized carbons (Fsp3) is 0.278. The highest BCUT2D eigenvalue weighted by Gasteiger charge is 2.21. The van der Waals surface area contributed by atoms with Crippen molar-refractivity contribution < 1.29 is 4.39 Å². The molecule has 0 aliphatic carbocycles. The Balaban J connectivity index is 1.37. The third-order valence-electron chi connectivity index (χ3n) is 4.36. The van der Waals surface area contributed by atoms with E-state index in [1.54, 1.807) is 42.9 Å². The molecule has 2 aromatic heterocycles. The smallest absolute Gasteiger partial charge is 0.247 e. The van der Waals surface area contributed by atoms with E-state index in [9.17, 15) is 4.39 Å². The van der Waals surface area contributed by atoms with Crippen LogP contribution in [0.25, 0.3) is 0 Å². The fourth-order valence-corrected chi connectivity index (χ4v) is 2.90. The van der Waals surface area contributed by atoms with Crippen molar-refractivity contribution in [3.63, 3.8) is 0 Å². The molecule has 3 aromatic rings. The molecule has 0 spiro atoms. The monoisotopic (exact) mass is 366 g/mol. The molecule has 0 bridgehead atoms. The third-order valence-corrected chi connectivity index (χ3v) is 4.36. The molecule has 0 atom stereocenters. The van der Waals surface area contributed by atoms with Gasteiger partial charge in [-0.05, 0) is 12.1 Å². The highest BCUT2D eigenvalue weighted by molar-refractivity contribution is 5.42. The summed E-state index contributed by atoms with van der Waals surface area (Å²) in [4.78, 5) is 17.3. The van der Waals surface area contributed by atoms with E-state index >= 15 is 0 Å². The molecule has 27 heavy (non-hydrogen) atoms. The SMILES string of the molecule is Fc1ccccc1CNc1cnnc(N2CCN(c3ncccn3)CC2)n1. The summed E-state index contributed by atoms with van der Waals surface area (Å²) >= 11 is 0. The highest BCUT2D eigenvalue weighted by Crippen LogP contribution is 2.16. The number of halogens is 1. The molecule has 1 aromatic carbocycles. The van der Waals surface area contributed by atoms with Gasteiger partial charge in [0.2, 0.25) is 11.9 Å². The van der Waals surface area contributed by atoms with Gasteiger partial charge in [-0.15, -0.1) is 5.10 Å². The van der Waals surface area contributed by atoms with Crippen molar-refractivity contribution in [2.45, 2.75) is 6.54 Å². The summed E-state index contributed by atoms with van der Waals surface area (Å²) in [6.07, 6.45) is 5.03. The van der Waals surface area contributed by atoms with E-state index < -0.39 is 0 Å². The normalized spacial score (nSPS) is 14.3. The number of rotatable bonds is 5. The first-order chi connectivity index (χ1) is 13.3. The Kier molecular flexibility index (Phi) is 4.99. The molecule has 8 nitrogen and oxygen atoms in total. The first kappa shape index (κ1) is 17.1. The summed E-state index contributed by atoms with van der Waals surface area (Å²) in [6.45, 7) is 3.39. The minimum atomic E-state index is -0.244. The molecule has 1 saturated heterocycles. The lowest BCUT2D eigenvalue weighted by Crippen LogP contribution is -2.47. The van der Waals surface area contributed by atoms with Crippen molar-refractivity contribution in [2.75, 3.05) is 41.3 Å². The molecule has 4 rings (SSSR count). The lowest BCUT2D eigenvalue weighted by Gasteiger charge is -2.34. The van der Waals surface area contributed by atoms with Gasteiger partial charge in [0.05, 0.1) is 6.20 Å². The molecule has 3 heterocycles. The second-order valence-corrected chi connectivity index (χ2v) is 6.11. The lowest BCUT2D eigenvalue weighted by molar-refractivity contribution is 0.612. The van der Waals surface area contributed by atoms with Crippen LogP contribution in [-0.2, 0) is 6.54 Å². The predicted molar refractivity (Wildman–Crippen MR) is 100 cm³/mol. The topological polar surface area (TPSA) is 83.0 Å². The maximum absolute atomic E-state index is 13.7. The molecule has 1 aliphatic heterocycles. The quantitative estimate of drug-likeness (QED) is 0.731. The molecular weight excluding hydrogens is 347 g/mol. The maximum Gasteiger partial charge on any atom is 0.247 e. The number of piperazine rings is 1. The highest BCUT2D eigenvalue weighted by atomic mass is 19.1. The molecular formula is C18H19FN8. The summed E-state index contributed by atoms with van der Waals surface area (Å²) in [5.41, 5.74) is 0.578. The number of hydrogen-bond donors (Lipinski definition) is 1. The van der Waals surface area contributed by atoms with Crippen molar-refractivity contribution in [1.29, 1.82) is 0 Å². The number of benzene rings is 1. The van der Waals surface area contributed by atoms with Gasteiger partial charge in [0.15, 0.2) is 5.82 Å². The van der Waals surface area contributed by atoms with Crippen molar-refractivity contribution in [3.8, 4) is 0 Å².